The molecule has 0 aliphatic heterocycles. The van der Waals surface area contributed by atoms with Gasteiger partial charge in [-0.2, -0.15) is 0 Å². The van der Waals surface area contributed by atoms with E-state index >= 15 is 0 Å². The molecule has 0 aromatic heterocycles. The molecule has 1 rings (SSSR count). The maximum absolute atomic E-state index is 12.6. The molecule has 0 heterocycles. The number of phosphoric ester groups is 1. The number of carbonyl (C=O) groups is 3. The Morgan fingerprint density at radius 2 is 1.40 bits per heavy atom. The fourth-order valence-electron chi connectivity index (χ4n) is 4.38. The van der Waals surface area contributed by atoms with Crippen LogP contribution >= 0.6 is 15.4 Å². The van der Waals surface area contributed by atoms with Gasteiger partial charge in [0.2, 0.25) is 17.7 Å². The van der Waals surface area contributed by atoms with Gasteiger partial charge in [-0.1, -0.05) is 19.3 Å². The summed E-state index contributed by atoms with van der Waals surface area (Å²) in [6.07, 6.45) is 6.59. The molecule has 1 aliphatic rings. The van der Waals surface area contributed by atoms with Gasteiger partial charge in [0.1, 0.15) is 6.04 Å². The third-order valence-electron chi connectivity index (χ3n) is 6.60. The predicted molar refractivity (Wildman–Crippen MR) is 165 cm³/mol. The van der Waals surface area contributed by atoms with Crippen LogP contribution in [0.15, 0.2) is 0 Å². The molecule has 1 fully saturated rings. The van der Waals surface area contributed by atoms with Gasteiger partial charge in [0.15, 0.2) is 0 Å². The third-order valence-corrected chi connectivity index (χ3v) is 8.24. The van der Waals surface area contributed by atoms with Gasteiger partial charge in [-0.3, -0.25) is 28.0 Å². The highest BCUT2D eigenvalue weighted by molar-refractivity contribution is 7.51. The Balaban J connectivity index is 2.36. The van der Waals surface area contributed by atoms with Crippen molar-refractivity contribution >= 4 is 33.1 Å². The smallest absolute Gasteiger partial charge is 0.378 e. The minimum absolute atomic E-state index is 0.0237. The summed E-state index contributed by atoms with van der Waals surface area (Å²) in [6.45, 7) is 5.09. The molecule has 0 radical (unpaired) electrons. The second-order valence-corrected chi connectivity index (χ2v) is 14.2. The second-order valence-electron chi connectivity index (χ2n) is 10.9. The highest BCUT2D eigenvalue weighted by Crippen LogP contribution is 2.43. The Kier molecular flexibility index (Phi) is 22.0. The van der Waals surface area contributed by atoms with Gasteiger partial charge in [-0.05, 0) is 32.1 Å². The molecule has 18 heteroatoms. The first-order valence-electron chi connectivity index (χ1n) is 15.4. The maximum Gasteiger partial charge on any atom is 0.472 e. The second kappa shape index (κ2) is 23.8. The van der Waals surface area contributed by atoms with Crippen LogP contribution in [-0.2, 0) is 51.3 Å². The summed E-state index contributed by atoms with van der Waals surface area (Å²) in [5.74, 6) is -1.07. The molecule has 5 N–H and O–H groups in total. The highest BCUT2D eigenvalue weighted by Gasteiger charge is 2.25. The van der Waals surface area contributed by atoms with Crippen LogP contribution in [-0.4, -0.2) is 112 Å². The largest absolute Gasteiger partial charge is 0.472 e. The molecule has 1 saturated carbocycles. The molecule has 264 valence electrons. The van der Waals surface area contributed by atoms with Crippen molar-refractivity contribution in [3.05, 3.63) is 0 Å². The summed E-state index contributed by atoms with van der Waals surface area (Å²) in [7, 11) is -7.86. The Hall–Kier alpha value is -1.45. The Morgan fingerprint density at radius 1 is 0.778 bits per heavy atom. The lowest BCUT2D eigenvalue weighted by Crippen LogP contribution is -2.47. The van der Waals surface area contributed by atoms with E-state index in [0.717, 1.165) is 32.3 Å². The van der Waals surface area contributed by atoms with E-state index in [1.54, 1.807) is 0 Å². The predicted octanol–water partition coefficient (Wildman–Crippen LogP) is 1.88. The molecule has 0 bridgehead atoms. The number of hydrogen-bond donors (Lipinski definition) is 5. The minimum Gasteiger partial charge on any atom is -0.378 e. The van der Waals surface area contributed by atoms with E-state index in [9.17, 15) is 28.4 Å². The summed E-state index contributed by atoms with van der Waals surface area (Å²) in [6, 6.07) is -0.760. The first-order valence-corrected chi connectivity index (χ1v) is 18.9. The van der Waals surface area contributed by atoms with Crippen molar-refractivity contribution in [3.8, 4) is 0 Å². The summed E-state index contributed by atoms with van der Waals surface area (Å²) in [5.41, 5.74) is 0. The zero-order valence-corrected chi connectivity index (χ0v) is 28.5. The number of nitrogens with one attached hydrogen (secondary N) is 3. The monoisotopic (exact) mass is 689 g/mol. The van der Waals surface area contributed by atoms with Crippen molar-refractivity contribution < 1.29 is 61.1 Å². The SMILES string of the molecule is CC(=O)NCC[C@H](NC(C)=O)C(=O)NCCCCC(COC1CCCC1)COP(=O)(O)OCCOCCOCCOP(C)(=O)O. The molecule has 4 atom stereocenters. The molecule has 3 unspecified atom stereocenters. The maximum atomic E-state index is 12.6. The van der Waals surface area contributed by atoms with Crippen LogP contribution in [0.4, 0.5) is 0 Å². The van der Waals surface area contributed by atoms with Crippen molar-refractivity contribution in [2.45, 2.75) is 77.4 Å². The molecule has 3 amide bonds. The zero-order chi connectivity index (χ0) is 33.6. The summed E-state index contributed by atoms with van der Waals surface area (Å²) in [5, 5.41) is 8.02. The van der Waals surface area contributed by atoms with E-state index in [4.69, 9.17) is 28.2 Å². The number of hydrogen-bond acceptors (Lipinski definition) is 11. The van der Waals surface area contributed by atoms with Gasteiger partial charge in [0, 0.05) is 39.5 Å². The van der Waals surface area contributed by atoms with Crippen molar-refractivity contribution in [3.63, 3.8) is 0 Å². The molecule has 0 saturated heterocycles. The van der Waals surface area contributed by atoms with E-state index in [1.165, 1.54) is 13.8 Å². The van der Waals surface area contributed by atoms with Gasteiger partial charge in [-0.25, -0.2) is 4.57 Å². The molecule has 1 aliphatic carbocycles. The quantitative estimate of drug-likeness (QED) is 0.0616. The fraction of sp³-hybridized carbons (Fsp3) is 0.889. The van der Waals surface area contributed by atoms with Crippen molar-refractivity contribution in [1.29, 1.82) is 0 Å². The van der Waals surface area contributed by atoms with E-state index in [0.29, 0.717) is 32.4 Å². The Labute approximate surface area is 266 Å². The van der Waals surface area contributed by atoms with Gasteiger partial charge in [-0.15, -0.1) is 0 Å². The first kappa shape index (κ1) is 41.6. The molecule has 45 heavy (non-hydrogen) atoms. The van der Waals surface area contributed by atoms with Crippen LogP contribution in [0.25, 0.3) is 0 Å². The first-order chi connectivity index (χ1) is 21.3. The average Bonchev–Trinajstić information content (AvgIpc) is 3.47. The number of amides is 3. The van der Waals surface area contributed by atoms with Crippen LogP contribution in [0.1, 0.15) is 65.2 Å². The number of carbonyl (C=O) groups excluding carboxylic acids is 3. The molecular weight excluding hydrogens is 636 g/mol. The van der Waals surface area contributed by atoms with E-state index in [1.807, 2.05) is 0 Å². The van der Waals surface area contributed by atoms with Crippen LogP contribution in [0.2, 0.25) is 0 Å². The highest BCUT2D eigenvalue weighted by atomic mass is 31.2. The lowest BCUT2D eigenvalue weighted by molar-refractivity contribution is -0.128. The van der Waals surface area contributed by atoms with Crippen LogP contribution < -0.4 is 16.0 Å². The molecule has 16 nitrogen and oxygen atoms in total. The minimum atomic E-state index is -4.33. The Morgan fingerprint density at radius 3 is 2.00 bits per heavy atom. The lowest BCUT2D eigenvalue weighted by Gasteiger charge is -2.21. The lowest BCUT2D eigenvalue weighted by atomic mass is 10.0. The third kappa shape index (κ3) is 24.4. The number of phosphoric acid groups is 1. The van der Waals surface area contributed by atoms with E-state index in [-0.39, 0.29) is 89.0 Å². The molecular formula is C27H53N3O13P2. The van der Waals surface area contributed by atoms with Crippen molar-refractivity contribution in [2.24, 2.45) is 5.92 Å². The van der Waals surface area contributed by atoms with Gasteiger partial charge in [0.25, 0.3) is 0 Å². The van der Waals surface area contributed by atoms with E-state index < -0.39 is 21.5 Å². The standard InChI is InChI=1S/C27H53N3O13P2/c1-22(31)28-13-11-26(30-23(2)32)27(33)29-12-7-6-8-24(20-40-25-9-4-5-10-25)21-43-45(36,37)42-19-17-39-15-14-38-16-18-41-44(3,34)35/h24-26H,4-21H2,1-3H3,(H,28,31)(H,29,33)(H,30,32)(H,34,35)(H,36,37)/t24?,26-/m0/s1. The van der Waals surface area contributed by atoms with Crippen LogP contribution in [0, 0.1) is 5.92 Å². The van der Waals surface area contributed by atoms with Gasteiger partial charge >= 0.3 is 15.4 Å². The fourth-order valence-corrected chi connectivity index (χ4v) is 5.57. The number of ether oxygens (including phenoxy) is 3. The van der Waals surface area contributed by atoms with Crippen LogP contribution in [0.3, 0.4) is 0 Å². The van der Waals surface area contributed by atoms with Gasteiger partial charge < -0.3 is 44.5 Å². The number of rotatable bonds is 27. The topological polar surface area (TPSA) is 217 Å². The van der Waals surface area contributed by atoms with Crippen molar-refractivity contribution in [2.75, 3.05) is 72.6 Å². The summed E-state index contributed by atoms with van der Waals surface area (Å²) >= 11 is 0. The van der Waals surface area contributed by atoms with Gasteiger partial charge in [0.05, 0.1) is 59.0 Å². The molecule has 0 aromatic rings. The number of unbranched alkanes of at least 4 members (excludes halogenated alkanes) is 1. The summed E-state index contributed by atoms with van der Waals surface area (Å²) < 4.78 is 54.8. The normalized spacial score (nSPS) is 17.6. The van der Waals surface area contributed by atoms with Crippen LogP contribution in [0.5, 0.6) is 0 Å². The average molecular weight is 690 g/mol. The zero-order valence-electron chi connectivity index (χ0n) is 26.7. The molecule has 0 spiro atoms. The summed E-state index contributed by atoms with van der Waals surface area (Å²) in [4.78, 5) is 54.3. The Bertz CT molecular complexity index is 947. The van der Waals surface area contributed by atoms with E-state index in [2.05, 4.69) is 20.5 Å². The molecule has 0 aromatic carbocycles. The van der Waals surface area contributed by atoms with Crippen molar-refractivity contribution in [1.82, 2.24) is 16.0 Å².